The minimum Gasteiger partial charge on any atom is -0.491 e. The molecule has 0 bridgehead atoms. The normalized spacial score (nSPS) is 19.3. The highest BCUT2D eigenvalue weighted by Gasteiger charge is 2.27. The summed E-state index contributed by atoms with van der Waals surface area (Å²) in [7, 11) is 0. The summed E-state index contributed by atoms with van der Waals surface area (Å²) in [6.45, 7) is 6.07. The van der Waals surface area contributed by atoms with Crippen LogP contribution in [0.25, 0.3) is 0 Å². The van der Waals surface area contributed by atoms with Gasteiger partial charge in [-0.15, -0.1) is 0 Å². The Morgan fingerprint density at radius 1 is 1.58 bits per heavy atom. The molecule has 1 fully saturated rings. The Kier molecular flexibility index (Phi) is 4.27. The molecule has 2 N–H and O–H groups in total. The van der Waals surface area contributed by atoms with Crippen LogP contribution in [0.2, 0.25) is 0 Å². The summed E-state index contributed by atoms with van der Waals surface area (Å²) >= 11 is 0. The number of carbonyl (C=O) groups excluding carboxylic acids is 1. The highest BCUT2D eigenvalue weighted by atomic mass is 16.5. The van der Waals surface area contributed by atoms with Crippen LogP contribution in [0.15, 0.2) is 18.2 Å². The molecule has 19 heavy (non-hydrogen) atoms. The van der Waals surface area contributed by atoms with Crippen LogP contribution in [0.5, 0.6) is 5.75 Å². The summed E-state index contributed by atoms with van der Waals surface area (Å²) in [5.74, 6) is 0.431. The Balaban J connectivity index is 2.30. The monoisotopic (exact) mass is 264 g/mol. The van der Waals surface area contributed by atoms with Crippen LogP contribution >= 0.6 is 0 Å². The summed E-state index contributed by atoms with van der Waals surface area (Å²) in [6.07, 6.45) is 0. The number of nitrogens with zero attached hydrogens (tertiary/aromatic N) is 1. The van der Waals surface area contributed by atoms with Gasteiger partial charge in [-0.2, -0.15) is 0 Å². The number of benzene rings is 1. The molecule has 1 atom stereocenters. The molecule has 0 aromatic heterocycles. The molecule has 0 radical (unpaired) electrons. The number of amides is 1. The summed E-state index contributed by atoms with van der Waals surface area (Å²) in [5.41, 5.74) is 6.91. The Bertz CT molecular complexity index is 462. The summed E-state index contributed by atoms with van der Waals surface area (Å²) in [5, 5.41) is 0. The van der Waals surface area contributed by atoms with Crippen molar-refractivity contribution >= 4 is 11.6 Å². The summed E-state index contributed by atoms with van der Waals surface area (Å²) < 4.78 is 10.9. The highest BCUT2D eigenvalue weighted by Crippen LogP contribution is 2.28. The average molecular weight is 264 g/mol. The minimum absolute atomic E-state index is 0.0495. The van der Waals surface area contributed by atoms with E-state index in [2.05, 4.69) is 0 Å². The Morgan fingerprint density at radius 3 is 3.05 bits per heavy atom. The zero-order valence-corrected chi connectivity index (χ0v) is 11.4. The average Bonchev–Trinajstić information content (AvgIpc) is 2.41. The molecular formula is C14H20N2O3. The third-order valence-corrected chi connectivity index (χ3v) is 3.19. The van der Waals surface area contributed by atoms with Crippen molar-refractivity contribution in [3.05, 3.63) is 23.8 Å². The van der Waals surface area contributed by atoms with Gasteiger partial charge in [0.2, 0.25) is 0 Å². The minimum atomic E-state index is -0.0495. The quantitative estimate of drug-likeness (QED) is 0.841. The van der Waals surface area contributed by atoms with Crippen LogP contribution in [0, 0.1) is 0 Å². The van der Waals surface area contributed by atoms with Crippen LogP contribution in [0.1, 0.15) is 24.2 Å². The largest absolute Gasteiger partial charge is 0.491 e. The first-order valence-electron chi connectivity index (χ1n) is 6.55. The van der Waals surface area contributed by atoms with E-state index >= 15 is 0 Å². The SMILES string of the molecule is CCOc1c(N)cccc1C(=O)N1CCOCC1C. The van der Waals surface area contributed by atoms with E-state index in [0.29, 0.717) is 43.4 Å². The number of nitrogen functional groups attached to an aromatic ring is 1. The van der Waals surface area contributed by atoms with Gasteiger partial charge in [0.05, 0.1) is 37.1 Å². The fourth-order valence-corrected chi connectivity index (χ4v) is 2.21. The van der Waals surface area contributed by atoms with Crippen molar-refractivity contribution in [1.29, 1.82) is 0 Å². The molecule has 1 unspecified atom stereocenters. The first-order valence-corrected chi connectivity index (χ1v) is 6.55. The molecule has 104 valence electrons. The molecular weight excluding hydrogens is 244 g/mol. The number of hydrogen-bond acceptors (Lipinski definition) is 4. The third kappa shape index (κ3) is 2.81. The molecule has 0 saturated carbocycles. The van der Waals surface area contributed by atoms with Crippen molar-refractivity contribution in [1.82, 2.24) is 4.90 Å². The van der Waals surface area contributed by atoms with Crippen molar-refractivity contribution in [2.75, 3.05) is 32.1 Å². The van der Waals surface area contributed by atoms with E-state index in [1.807, 2.05) is 13.8 Å². The fourth-order valence-electron chi connectivity index (χ4n) is 2.21. The van der Waals surface area contributed by atoms with Gasteiger partial charge in [-0.05, 0) is 26.0 Å². The first-order chi connectivity index (χ1) is 9.15. The smallest absolute Gasteiger partial charge is 0.258 e. The molecule has 1 aliphatic rings. The van der Waals surface area contributed by atoms with Crippen LogP contribution in [0.3, 0.4) is 0 Å². The van der Waals surface area contributed by atoms with Gasteiger partial charge in [-0.25, -0.2) is 0 Å². The maximum Gasteiger partial charge on any atom is 0.258 e. The maximum absolute atomic E-state index is 12.6. The van der Waals surface area contributed by atoms with Gasteiger partial charge in [0.25, 0.3) is 5.91 Å². The van der Waals surface area contributed by atoms with Crippen LogP contribution in [0.4, 0.5) is 5.69 Å². The highest BCUT2D eigenvalue weighted by molar-refractivity contribution is 5.98. The van der Waals surface area contributed by atoms with Crippen LogP contribution in [-0.2, 0) is 4.74 Å². The fraction of sp³-hybridized carbons (Fsp3) is 0.500. The van der Waals surface area contributed by atoms with E-state index in [1.165, 1.54) is 0 Å². The molecule has 5 heteroatoms. The molecule has 0 spiro atoms. The van der Waals surface area contributed by atoms with Crippen molar-refractivity contribution < 1.29 is 14.3 Å². The summed E-state index contributed by atoms with van der Waals surface area (Å²) in [6, 6.07) is 5.34. The van der Waals surface area contributed by atoms with Gasteiger partial charge in [0.15, 0.2) is 5.75 Å². The molecule has 0 aliphatic carbocycles. The number of nitrogens with two attached hydrogens (primary N) is 1. The van der Waals surface area contributed by atoms with E-state index in [4.69, 9.17) is 15.2 Å². The van der Waals surface area contributed by atoms with E-state index < -0.39 is 0 Å². The second kappa shape index (κ2) is 5.93. The number of anilines is 1. The molecule has 1 saturated heterocycles. The van der Waals surface area contributed by atoms with Gasteiger partial charge in [0, 0.05) is 6.54 Å². The zero-order valence-electron chi connectivity index (χ0n) is 11.4. The van der Waals surface area contributed by atoms with Gasteiger partial charge in [0.1, 0.15) is 0 Å². The number of rotatable bonds is 3. The van der Waals surface area contributed by atoms with E-state index in [1.54, 1.807) is 23.1 Å². The number of morpholine rings is 1. The molecule has 1 amide bonds. The molecule has 1 aliphatic heterocycles. The van der Waals surface area contributed by atoms with Gasteiger partial charge in [-0.3, -0.25) is 4.79 Å². The van der Waals surface area contributed by atoms with Crippen LogP contribution in [-0.4, -0.2) is 43.2 Å². The Morgan fingerprint density at radius 2 is 2.37 bits per heavy atom. The van der Waals surface area contributed by atoms with Crippen molar-refractivity contribution in [3.8, 4) is 5.75 Å². The lowest BCUT2D eigenvalue weighted by atomic mass is 10.1. The summed E-state index contributed by atoms with van der Waals surface area (Å²) in [4.78, 5) is 14.4. The zero-order chi connectivity index (χ0) is 13.8. The Labute approximate surface area is 113 Å². The van der Waals surface area contributed by atoms with Crippen molar-refractivity contribution in [3.63, 3.8) is 0 Å². The van der Waals surface area contributed by atoms with Crippen molar-refractivity contribution in [2.45, 2.75) is 19.9 Å². The predicted molar refractivity (Wildman–Crippen MR) is 73.3 cm³/mol. The number of ether oxygens (including phenoxy) is 2. The van der Waals surface area contributed by atoms with E-state index in [-0.39, 0.29) is 11.9 Å². The standard InChI is InChI=1S/C14H20N2O3/c1-3-19-13-11(5-4-6-12(13)15)14(17)16-7-8-18-9-10(16)2/h4-6,10H,3,7-9,15H2,1-2H3. The number of hydrogen-bond donors (Lipinski definition) is 1. The third-order valence-electron chi connectivity index (χ3n) is 3.19. The lowest BCUT2D eigenvalue weighted by molar-refractivity contribution is 0.00342. The van der Waals surface area contributed by atoms with E-state index in [0.717, 1.165) is 0 Å². The van der Waals surface area contributed by atoms with Crippen LogP contribution < -0.4 is 10.5 Å². The maximum atomic E-state index is 12.6. The molecule has 5 nitrogen and oxygen atoms in total. The second-order valence-corrected chi connectivity index (χ2v) is 4.58. The molecule has 2 rings (SSSR count). The predicted octanol–water partition coefficient (Wildman–Crippen LogP) is 1.53. The van der Waals surface area contributed by atoms with Crippen molar-refractivity contribution in [2.24, 2.45) is 0 Å². The molecule has 1 aromatic carbocycles. The first kappa shape index (κ1) is 13.7. The number of carbonyl (C=O) groups is 1. The number of para-hydroxylation sites is 1. The topological polar surface area (TPSA) is 64.8 Å². The molecule has 1 aromatic rings. The van der Waals surface area contributed by atoms with Gasteiger partial charge in [-0.1, -0.05) is 6.07 Å². The van der Waals surface area contributed by atoms with Gasteiger partial charge < -0.3 is 20.1 Å². The lowest BCUT2D eigenvalue weighted by Crippen LogP contribution is -2.47. The second-order valence-electron chi connectivity index (χ2n) is 4.58. The lowest BCUT2D eigenvalue weighted by Gasteiger charge is -2.33. The van der Waals surface area contributed by atoms with E-state index in [9.17, 15) is 4.79 Å². The Hall–Kier alpha value is -1.75. The van der Waals surface area contributed by atoms with Gasteiger partial charge >= 0.3 is 0 Å². The molecule has 1 heterocycles.